The normalized spacial score (nSPS) is 21.5. The van der Waals surface area contributed by atoms with E-state index >= 15 is 0 Å². The average Bonchev–Trinajstić information content (AvgIpc) is 2.86. The molecule has 0 unspecified atom stereocenters. The standard InChI is InChI=1S/C18H25N3O3/c1-14(22)20-8-9-21(13-17(23)12-20)18(24)6-7-19-10-15-4-2-3-5-16(15)11-19/h2-5,17,23H,6-13H2,1H3/t17-/m0/s1. The zero-order valence-corrected chi connectivity index (χ0v) is 14.1. The van der Waals surface area contributed by atoms with E-state index in [0.717, 1.165) is 19.6 Å². The average molecular weight is 331 g/mol. The molecule has 24 heavy (non-hydrogen) atoms. The highest BCUT2D eigenvalue weighted by Crippen LogP contribution is 2.22. The summed E-state index contributed by atoms with van der Waals surface area (Å²) in [4.78, 5) is 29.5. The zero-order chi connectivity index (χ0) is 17.1. The van der Waals surface area contributed by atoms with Crippen molar-refractivity contribution in [2.75, 3.05) is 32.7 Å². The number of amides is 2. The number of fused-ring (bicyclic) bond motifs is 1. The molecular formula is C18H25N3O3. The van der Waals surface area contributed by atoms with Gasteiger partial charge in [-0.15, -0.1) is 0 Å². The minimum Gasteiger partial charge on any atom is -0.389 e. The van der Waals surface area contributed by atoms with Gasteiger partial charge in [-0.25, -0.2) is 0 Å². The maximum Gasteiger partial charge on any atom is 0.224 e. The summed E-state index contributed by atoms with van der Waals surface area (Å²) < 4.78 is 0. The van der Waals surface area contributed by atoms with Gasteiger partial charge in [0, 0.05) is 59.2 Å². The van der Waals surface area contributed by atoms with Crippen LogP contribution in [0.4, 0.5) is 0 Å². The van der Waals surface area contributed by atoms with E-state index in [0.29, 0.717) is 32.6 Å². The van der Waals surface area contributed by atoms with E-state index in [1.54, 1.807) is 9.80 Å². The Labute approximate surface area is 142 Å². The summed E-state index contributed by atoms with van der Waals surface area (Å²) >= 11 is 0. The molecular weight excluding hydrogens is 306 g/mol. The molecule has 0 aliphatic carbocycles. The van der Waals surface area contributed by atoms with E-state index < -0.39 is 6.10 Å². The molecule has 0 aromatic heterocycles. The van der Waals surface area contributed by atoms with Gasteiger partial charge >= 0.3 is 0 Å². The van der Waals surface area contributed by atoms with Crippen LogP contribution in [-0.2, 0) is 22.7 Å². The minimum absolute atomic E-state index is 0.0513. The first-order valence-corrected chi connectivity index (χ1v) is 8.53. The van der Waals surface area contributed by atoms with Crippen molar-refractivity contribution < 1.29 is 14.7 Å². The lowest BCUT2D eigenvalue weighted by Gasteiger charge is -2.23. The Bertz CT molecular complexity index is 594. The van der Waals surface area contributed by atoms with Crippen LogP contribution >= 0.6 is 0 Å². The predicted molar refractivity (Wildman–Crippen MR) is 90.0 cm³/mol. The van der Waals surface area contributed by atoms with Crippen molar-refractivity contribution in [3.63, 3.8) is 0 Å². The number of rotatable bonds is 3. The minimum atomic E-state index is -0.670. The van der Waals surface area contributed by atoms with Crippen LogP contribution in [0.5, 0.6) is 0 Å². The van der Waals surface area contributed by atoms with Gasteiger partial charge in [-0.3, -0.25) is 14.5 Å². The first-order chi connectivity index (χ1) is 11.5. The number of aliphatic hydroxyl groups excluding tert-OH is 1. The van der Waals surface area contributed by atoms with Gasteiger partial charge in [-0.05, 0) is 11.1 Å². The fourth-order valence-electron chi connectivity index (χ4n) is 3.48. The van der Waals surface area contributed by atoms with E-state index in [-0.39, 0.29) is 11.8 Å². The summed E-state index contributed by atoms with van der Waals surface area (Å²) in [5.74, 6) is -0.00594. The third-order valence-corrected chi connectivity index (χ3v) is 4.85. The molecule has 3 rings (SSSR count). The first-order valence-electron chi connectivity index (χ1n) is 8.53. The molecule has 1 saturated heterocycles. The molecule has 1 aromatic carbocycles. The van der Waals surface area contributed by atoms with Crippen molar-refractivity contribution >= 4 is 11.8 Å². The number of nitrogens with zero attached hydrogens (tertiary/aromatic N) is 3. The highest BCUT2D eigenvalue weighted by molar-refractivity contribution is 5.77. The van der Waals surface area contributed by atoms with Gasteiger partial charge in [0.2, 0.25) is 11.8 Å². The summed E-state index contributed by atoms with van der Waals surface area (Å²) in [6, 6.07) is 8.37. The maximum absolute atomic E-state index is 12.5. The van der Waals surface area contributed by atoms with Crippen LogP contribution < -0.4 is 0 Å². The van der Waals surface area contributed by atoms with Crippen LogP contribution in [0, 0.1) is 0 Å². The van der Waals surface area contributed by atoms with E-state index in [1.165, 1.54) is 18.1 Å². The Kier molecular flexibility index (Phi) is 5.16. The van der Waals surface area contributed by atoms with Crippen molar-refractivity contribution in [3.8, 4) is 0 Å². The fourth-order valence-corrected chi connectivity index (χ4v) is 3.48. The van der Waals surface area contributed by atoms with Crippen LogP contribution in [0.2, 0.25) is 0 Å². The number of hydrogen-bond acceptors (Lipinski definition) is 4. The number of carbonyl (C=O) groups is 2. The van der Waals surface area contributed by atoms with Crippen LogP contribution in [0.25, 0.3) is 0 Å². The second kappa shape index (κ2) is 7.32. The zero-order valence-electron chi connectivity index (χ0n) is 14.1. The Morgan fingerprint density at radius 1 is 1.08 bits per heavy atom. The number of aliphatic hydroxyl groups is 1. The van der Waals surface area contributed by atoms with Gasteiger partial charge in [0.05, 0.1) is 6.10 Å². The maximum atomic E-state index is 12.5. The number of hydrogen-bond donors (Lipinski definition) is 1. The fraction of sp³-hybridized carbons (Fsp3) is 0.556. The summed E-state index contributed by atoms with van der Waals surface area (Å²) in [5.41, 5.74) is 2.68. The Morgan fingerprint density at radius 3 is 2.29 bits per heavy atom. The Hall–Kier alpha value is -1.92. The van der Waals surface area contributed by atoms with Crippen molar-refractivity contribution in [1.29, 1.82) is 0 Å². The molecule has 2 aliphatic heterocycles. The molecule has 6 heteroatoms. The van der Waals surface area contributed by atoms with E-state index in [4.69, 9.17) is 0 Å². The molecule has 1 atom stereocenters. The topological polar surface area (TPSA) is 64.1 Å². The number of benzene rings is 1. The van der Waals surface area contributed by atoms with Gasteiger partial charge in [-0.1, -0.05) is 24.3 Å². The molecule has 1 N–H and O–H groups in total. The molecule has 0 spiro atoms. The van der Waals surface area contributed by atoms with Crippen LogP contribution in [-0.4, -0.2) is 70.4 Å². The second-order valence-corrected chi connectivity index (χ2v) is 6.69. The highest BCUT2D eigenvalue weighted by atomic mass is 16.3. The summed E-state index contributed by atoms with van der Waals surface area (Å²) in [6.07, 6.45) is -0.225. The number of β-amino-alcohol motifs (C(OH)–C–C–N with tert-alkyl or cyclic N) is 1. The molecule has 2 amide bonds. The second-order valence-electron chi connectivity index (χ2n) is 6.69. The smallest absolute Gasteiger partial charge is 0.224 e. The van der Waals surface area contributed by atoms with Gasteiger partial charge in [0.1, 0.15) is 0 Å². The Morgan fingerprint density at radius 2 is 1.67 bits per heavy atom. The predicted octanol–water partition coefficient (Wildman–Crippen LogP) is 0.444. The quantitative estimate of drug-likeness (QED) is 0.873. The monoisotopic (exact) mass is 331 g/mol. The summed E-state index contributed by atoms with van der Waals surface area (Å²) in [5, 5.41) is 10.0. The molecule has 130 valence electrons. The van der Waals surface area contributed by atoms with E-state index in [9.17, 15) is 14.7 Å². The van der Waals surface area contributed by atoms with Crippen LogP contribution in [0.15, 0.2) is 24.3 Å². The summed E-state index contributed by atoms with van der Waals surface area (Å²) in [6.45, 7) is 5.60. The Balaban J connectivity index is 1.50. The third kappa shape index (κ3) is 3.94. The lowest BCUT2D eigenvalue weighted by molar-refractivity contribution is -0.133. The molecule has 0 radical (unpaired) electrons. The summed E-state index contributed by atoms with van der Waals surface area (Å²) in [7, 11) is 0. The van der Waals surface area contributed by atoms with E-state index in [2.05, 4.69) is 17.0 Å². The lowest BCUT2D eigenvalue weighted by atomic mass is 10.1. The molecule has 2 heterocycles. The van der Waals surface area contributed by atoms with Crippen molar-refractivity contribution in [1.82, 2.24) is 14.7 Å². The van der Waals surface area contributed by atoms with Crippen LogP contribution in [0.1, 0.15) is 24.5 Å². The molecule has 0 saturated carbocycles. The molecule has 1 aromatic rings. The van der Waals surface area contributed by atoms with Gasteiger partial charge in [-0.2, -0.15) is 0 Å². The van der Waals surface area contributed by atoms with Gasteiger partial charge in [0.15, 0.2) is 0 Å². The number of carbonyl (C=O) groups excluding carboxylic acids is 2. The van der Waals surface area contributed by atoms with Crippen LogP contribution in [0.3, 0.4) is 0 Å². The van der Waals surface area contributed by atoms with E-state index in [1.807, 2.05) is 12.1 Å². The SMILES string of the molecule is CC(=O)N1CCN(C(=O)CCN2Cc3ccccc3C2)C[C@@H](O)C1. The van der Waals surface area contributed by atoms with Crippen molar-refractivity contribution in [2.24, 2.45) is 0 Å². The molecule has 0 bridgehead atoms. The largest absolute Gasteiger partial charge is 0.389 e. The molecule has 2 aliphatic rings. The van der Waals surface area contributed by atoms with Gasteiger partial charge < -0.3 is 14.9 Å². The molecule has 1 fully saturated rings. The first kappa shape index (κ1) is 16.9. The molecule has 6 nitrogen and oxygen atoms in total. The van der Waals surface area contributed by atoms with Gasteiger partial charge in [0.25, 0.3) is 0 Å². The highest BCUT2D eigenvalue weighted by Gasteiger charge is 2.26. The van der Waals surface area contributed by atoms with Crippen molar-refractivity contribution in [3.05, 3.63) is 35.4 Å². The van der Waals surface area contributed by atoms with Crippen molar-refractivity contribution in [2.45, 2.75) is 32.5 Å². The lowest BCUT2D eigenvalue weighted by Crippen LogP contribution is -2.39. The third-order valence-electron chi connectivity index (χ3n) is 4.85.